The van der Waals surface area contributed by atoms with Gasteiger partial charge in [0.2, 0.25) is 11.8 Å². The maximum Gasteiger partial charge on any atom is 0.340 e. The zero-order valence-electron chi connectivity index (χ0n) is 29.3. The van der Waals surface area contributed by atoms with E-state index in [1.807, 2.05) is 0 Å². The number of aliphatic hydroxyl groups is 2. The summed E-state index contributed by atoms with van der Waals surface area (Å²) in [6.07, 6.45) is 0.813. The molecule has 2 amide bonds. The average Bonchev–Trinajstić information content (AvgIpc) is 3.63. The van der Waals surface area contributed by atoms with Gasteiger partial charge in [0, 0.05) is 82.3 Å². The Bertz CT molecular complexity index is 1560. The SMILES string of the molecule is CCN1C[C@@]2(COC(=O)c3ccccc3N3C(=O)C[C@H](C)C3=O)CC[C@H](OC)[C@@]34[C@H]5C[C@H]6[C@H](OC)[C@@H]5[C@](O)(C[C@@H]6OC)[C@](O)([C@@H](OC)[C@@H]23)[C@@H]14. The number of amides is 2. The van der Waals surface area contributed by atoms with Gasteiger partial charge in [0.1, 0.15) is 11.2 Å². The van der Waals surface area contributed by atoms with Crippen LogP contribution in [0.25, 0.3) is 0 Å². The molecule has 7 fully saturated rings. The number of para-hydroxylation sites is 1. The number of ether oxygens (including phenoxy) is 5. The van der Waals surface area contributed by atoms with Gasteiger partial charge >= 0.3 is 5.97 Å². The third-order valence-corrected chi connectivity index (χ3v) is 14.5. The Morgan fingerprint density at radius 1 is 1.04 bits per heavy atom. The summed E-state index contributed by atoms with van der Waals surface area (Å²) in [4.78, 5) is 43.3. The van der Waals surface area contributed by atoms with Gasteiger partial charge in [-0.25, -0.2) is 9.69 Å². The molecule has 1 aromatic rings. The second-order valence-electron chi connectivity index (χ2n) is 16.0. The van der Waals surface area contributed by atoms with Gasteiger partial charge in [0.05, 0.1) is 48.3 Å². The third-order valence-electron chi connectivity index (χ3n) is 14.5. The second-order valence-corrected chi connectivity index (χ2v) is 16.0. The van der Waals surface area contributed by atoms with Gasteiger partial charge in [0.15, 0.2) is 0 Å². The summed E-state index contributed by atoms with van der Waals surface area (Å²) in [5.74, 6) is -2.47. The first-order valence-corrected chi connectivity index (χ1v) is 17.9. The molecule has 268 valence electrons. The predicted molar refractivity (Wildman–Crippen MR) is 174 cm³/mol. The van der Waals surface area contributed by atoms with Crippen molar-refractivity contribution in [1.82, 2.24) is 4.90 Å². The highest BCUT2D eigenvalue weighted by atomic mass is 16.5. The number of methoxy groups -OCH3 is 4. The van der Waals surface area contributed by atoms with Crippen molar-refractivity contribution in [1.29, 1.82) is 0 Å². The Morgan fingerprint density at radius 2 is 1.80 bits per heavy atom. The van der Waals surface area contributed by atoms with E-state index in [0.717, 1.165) is 11.3 Å². The molecule has 2 aliphatic heterocycles. The van der Waals surface area contributed by atoms with E-state index in [4.69, 9.17) is 23.7 Å². The number of piperidine rings is 1. The van der Waals surface area contributed by atoms with Crippen LogP contribution in [0.5, 0.6) is 0 Å². The van der Waals surface area contributed by atoms with E-state index < -0.39 is 46.1 Å². The minimum atomic E-state index is -1.70. The molecule has 5 aliphatic carbocycles. The summed E-state index contributed by atoms with van der Waals surface area (Å²) in [6.45, 7) is 4.95. The number of hydrogen-bond acceptors (Lipinski definition) is 11. The van der Waals surface area contributed by atoms with Crippen molar-refractivity contribution in [3.63, 3.8) is 0 Å². The van der Waals surface area contributed by atoms with E-state index >= 15 is 0 Å². The molecular weight excluding hydrogens is 632 g/mol. The van der Waals surface area contributed by atoms with Crippen molar-refractivity contribution in [2.45, 2.75) is 87.6 Å². The summed E-state index contributed by atoms with van der Waals surface area (Å²) in [5, 5.41) is 26.6. The van der Waals surface area contributed by atoms with Crippen molar-refractivity contribution in [2.75, 3.05) is 53.0 Å². The lowest BCUT2D eigenvalue weighted by molar-refractivity contribution is -0.320. The fourth-order valence-electron chi connectivity index (χ4n) is 13.2. The van der Waals surface area contributed by atoms with Crippen molar-refractivity contribution in [2.24, 2.45) is 40.4 Å². The normalized spacial score (nSPS) is 48.0. The Balaban J connectivity index is 1.23. The standard InChI is InChI=1S/C37H50N2O10/c1-7-38-17-34(18-49-32(42)20-10-8-9-11-23(20)39-26(40)14-19(2)31(39)41)13-12-25(46-4)36-22-15-21-24(45-3)16-35(43,27(22)28(21)47-5)37(44,33(36)38)30(48-6)29(34)36/h8-11,19,21-22,24-25,27-30,33,43-44H,7,12-18H2,1-6H3/t19-,21+,22-,24-,25-,27+,28-,29-,30-,33-,34+,35+,36-,37-/m0/s1. The maximum atomic E-state index is 14.1. The molecule has 2 heterocycles. The molecule has 1 aromatic carbocycles. The molecule has 7 bridgehead atoms. The molecule has 0 radical (unpaired) electrons. The highest BCUT2D eigenvalue weighted by Gasteiger charge is 2.91. The fraction of sp³-hybridized carbons (Fsp3) is 0.757. The summed E-state index contributed by atoms with van der Waals surface area (Å²) in [6, 6.07) is 6.12. The maximum absolute atomic E-state index is 14.1. The average molecular weight is 683 g/mol. The number of carbonyl (C=O) groups excluding carboxylic acids is 3. The predicted octanol–water partition coefficient (Wildman–Crippen LogP) is 2.04. The first-order valence-electron chi connectivity index (χ1n) is 17.9. The van der Waals surface area contributed by atoms with Gasteiger partial charge in [0.25, 0.3) is 0 Å². The van der Waals surface area contributed by atoms with E-state index in [1.54, 1.807) is 59.6 Å². The number of benzene rings is 1. The van der Waals surface area contributed by atoms with Gasteiger partial charge < -0.3 is 33.9 Å². The largest absolute Gasteiger partial charge is 0.461 e. The van der Waals surface area contributed by atoms with Gasteiger partial charge in [-0.3, -0.25) is 14.5 Å². The van der Waals surface area contributed by atoms with Gasteiger partial charge in [-0.05, 0) is 43.9 Å². The number of rotatable bonds is 9. The molecule has 8 rings (SSSR count). The number of fused-ring (bicyclic) bond motifs is 2. The lowest BCUT2D eigenvalue weighted by Gasteiger charge is -2.70. The number of hydrogen-bond donors (Lipinski definition) is 2. The molecule has 2 N–H and O–H groups in total. The number of esters is 1. The number of anilines is 1. The van der Waals surface area contributed by atoms with Crippen LogP contribution < -0.4 is 4.90 Å². The summed E-state index contributed by atoms with van der Waals surface area (Å²) in [5.41, 5.74) is -4.17. The number of likely N-dealkylation sites (tertiary alicyclic amines) is 1. The molecule has 0 unspecified atom stereocenters. The summed E-state index contributed by atoms with van der Waals surface area (Å²) < 4.78 is 31.4. The van der Waals surface area contributed by atoms with Crippen LogP contribution in [0.3, 0.4) is 0 Å². The zero-order chi connectivity index (χ0) is 34.8. The van der Waals surface area contributed by atoms with Crippen LogP contribution in [0.15, 0.2) is 24.3 Å². The molecule has 2 saturated heterocycles. The van der Waals surface area contributed by atoms with Crippen molar-refractivity contribution < 1.29 is 48.3 Å². The molecule has 5 saturated carbocycles. The lowest BCUT2D eigenvalue weighted by Crippen LogP contribution is -2.82. The molecule has 0 aromatic heterocycles. The first kappa shape index (κ1) is 33.7. The van der Waals surface area contributed by atoms with E-state index in [0.29, 0.717) is 25.9 Å². The Morgan fingerprint density at radius 3 is 2.43 bits per heavy atom. The zero-order valence-corrected chi connectivity index (χ0v) is 29.3. The van der Waals surface area contributed by atoms with Crippen LogP contribution in [0, 0.1) is 40.4 Å². The van der Waals surface area contributed by atoms with Gasteiger partial charge in [-0.2, -0.15) is 0 Å². The second kappa shape index (κ2) is 11.3. The number of likely N-dealkylation sites (N-methyl/N-ethyl adjacent to an activating group) is 1. The van der Waals surface area contributed by atoms with E-state index in [-0.39, 0.29) is 84.5 Å². The third kappa shape index (κ3) is 3.86. The fourth-order valence-corrected chi connectivity index (χ4v) is 13.2. The van der Waals surface area contributed by atoms with Crippen LogP contribution in [0.1, 0.15) is 56.3 Å². The highest BCUT2D eigenvalue weighted by molar-refractivity contribution is 6.22. The molecule has 7 aliphatic rings. The molecule has 49 heavy (non-hydrogen) atoms. The molecule has 12 nitrogen and oxygen atoms in total. The highest BCUT2D eigenvalue weighted by Crippen LogP contribution is 2.80. The van der Waals surface area contributed by atoms with Crippen LogP contribution in [0.4, 0.5) is 5.69 Å². The lowest BCUT2D eigenvalue weighted by atomic mass is 9.42. The quantitative estimate of drug-likeness (QED) is 0.292. The summed E-state index contributed by atoms with van der Waals surface area (Å²) >= 11 is 0. The van der Waals surface area contributed by atoms with E-state index in [2.05, 4.69) is 11.8 Å². The summed E-state index contributed by atoms with van der Waals surface area (Å²) in [7, 11) is 6.70. The van der Waals surface area contributed by atoms with Gasteiger partial charge in [-0.15, -0.1) is 0 Å². The Labute approximate surface area is 287 Å². The molecule has 12 heteroatoms. The van der Waals surface area contributed by atoms with Crippen molar-refractivity contribution >= 4 is 23.5 Å². The van der Waals surface area contributed by atoms with Crippen molar-refractivity contribution in [3.05, 3.63) is 29.8 Å². The molecular formula is C37H50N2O10. The number of carbonyl (C=O) groups is 3. The minimum Gasteiger partial charge on any atom is -0.461 e. The van der Waals surface area contributed by atoms with Gasteiger partial charge in [-0.1, -0.05) is 26.0 Å². The monoisotopic (exact) mass is 682 g/mol. The number of imide groups is 1. The van der Waals surface area contributed by atoms with Crippen LogP contribution in [0.2, 0.25) is 0 Å². The minimum absolute atomic E-state index is 0.0358. The van der Waals surface area contributed by atoms with Crippen LogP contribution in [-0.2, 0) is 33.3 Å². The van der Waals surface area contributed by atoms with Crippen LogP contribution in [-0.4, -0.2) is 123 Å². The molecule has 14 atom stereocenters. The number of nitrogens with zero attached hydrogens (tertiary/aromatic N) is 2. The topological polar surface area (TPSA) is 144 Å². The Hall–Kier alpha value is -2.45. The molecule has 1 spiro atoms. The first-order chi connectivity index (χ1) is 23.4. The van der Waals surface area contributed by atoms with Crippen molar-refractivity contribution in [3.8, 4) is 0 Å². The van der Waals surface area contributed by atoms with E-state index in [9.17, 15) is 24.6 Å². The Kier molecular flexibility index (Phi) is 7.75. The van der Waals surface area contributed by atoms with E-state index in [1.165, 1.54) is 0 Å². The van der Waals surface area contributed by atoms with Crippen LogP contribution >= 0.6 is 0 Å². The smallest absolute Gasteiger partial charge is 0.340 e.